The molecular formula is C14H15N3O4S. The molecule has 2 aromatic rings. The predicted molar refractivity (Wildman–Crippen MR) is 83.3 cm³/mol. The maximum absolute atomic E-state index is 12.0. The molecule has 0 bridgehead atoms. The number of pyridine rings is 1. The molecule has 0 saturated heterocycles. The van der Waals surface area contributed by atoms with Crippen LogP contribution in [-0.4, -0.2) is 30.6 Å². The van der Waals surface area contributed by atoms with Crippen LogP contribution in [0, 0.1) is 10.1 Å². The number of anilines is 1. The average Bonchev–Trinajstić information content (AvgIpc) is 2.48. The first-order valence-electron chi connectivity index (χ1n) is 6.55. The van der Waals surface area contributed by atoms with Gasteiger partial charge in [0.1, 0.15) is 0 Å². The van der Waals surface area contributed by atoms with Crippen molar-refractivity contribution in [1.29, 1.82) is 0 Å². The minimum absolute atomic E-state index is 0.0557. The Morgan fingerprint density at radius 1 is 1.14 bits per heavy atom. The number of benzene rings is 1. The van der Waals surface area contributed by atoms with Crippen LogP contribution in [0.1, 0.15) is 5.56 Å². The molecule has 116 valence electrons. The van der Waals surface area contributed by atoms with Crippen molar-refractivity contribution in [2.45, 2.75) is 5.75 Å². The van der Waals surface area contributed by atoms with E-state index in [0.717, 1.165) is 0 Å². The van der Waals surface area contributed by atoms with Gasteiger partial charge in [0.25, 0.3) is 0 Å². The van der Waals surface area contributed by atoms with Gasteiger partial charge in [-0.1, -0.05) is 30.3 Å². The molecule has 1 aromatic heterocycles. The van der Waals surface area contributed by atoms with Crippen LogP contribution in [0.5, 0.6) is 0 Å². The van der Waals surface area contributed by atoms with E-state index in [-0.39, 0.29) is 29.6 Å². The highest BCUT2D eigenvalue weighted by molar-refractivity contribution is 7.90. The van der Waals surface area contributed by atoms with Gasteiger partial charge in [-0.25, -0.2) is 13.4 Å². The standard InChI is InChI=1S/C14H15N3O4S/c18-17(19)13-7-4-8-15-14(13)16-9-10-22(20,21)11-12-5-2-1-3-6-12/h1-8H,9-11H2,(H,15,16). The lowest BCUT2D eigenvalue weighted by atomic mass is 10.2. The van der Waals surface area contributed by atoms with Crippen LogP contribution >= 0.6 is 0 Å². The van der Waals surface area contributed by atoms with Crippen molar-refractivity contribution in [1.82, 2.24) is 4.98 Å². The Labute approximate surface area is 128 Å². The molecule has 8 heteroatoms. The summed E-state index contributed by atoms with van der Waals surface area (Å²) in [6.45, 7) is 0.0625. The summed E-state index contributed by atoms with van der Waals surface area (Å²) in [7, 11) is -3.30. The summed E-state index contributed by atoms with van der Waals surface area (Å²) >= 11 is 0. The highest BCUT2D eigenvalue weighted by Crippen LogP contribution is 2.19. The second-order valence-corrected chi connectivity index (χ2v) is 6.82. The summed E-state index contributed by atoms with van der Waals surface area (Å²) in [4.78, 5) is 14.1. The van der Waals surface area contributed by atoms with Gasteiger partial charge in [-0.15, -0.1) is 0 Å². The number of sulfone groups is 1. The lowest BCUT2D eigenvalue weighted by Gasteiger charge is -2.07. The minimum atomic E-state index is -3.30. The Hall–Kier alpha value is -2.48. The molecule has 0 amide bonds. The molecule has 0 atom stereocenters. The van der Waals surface area contributed by atoms with Crippen LogP contribution in [0.3, 0.4) is 0 Å². The van der Waals surface area contributed by atoms with Crippen LogP contribution in [0.15, 0.2) is 48.7 Å². The zero-order valence-corrected chi connectivity index (χ0v) is 12.5. The molecule has 1 N–H and O–H groups in total. The summed E-state index contributed by atoms with van der Waals surface area (Å²) in [6.07, 6.45) is 1.41. The van der Waals surface area contributed by atoms with E-state index in [9.17, 15) is 18.5 Å². The minimum Gasteiger partial charge on any atom is -0.363 e. The van der Waals surface area contributed by atoms with E-state index in [4.69, 9.17) is 0 Å². The zero-order valence-electron chi connectivity index (χ0n) is 11.7. The third-order valence-electron chi connectivity index (χ3n) is 2.92. The second-order valence-electron chi connectivity index (χ2n) is 4.63. The molecule has 0 spiro atoms. The average molecular weight is 321 g/mol. The molecule has 0 aliphatic rings. The lowest BCUT2D eigenvalue weighted by Crippen LogP contribution is -2.18. The smallest absolute Gasteiger partial charge is 0.311 e. The zero-order chi connectivity index (χ0) is 16.0. The number of nitro groups is 1. The van der Waals surface area contributed by atoms with Crippen molar-refractivity contribution in [2.75, 3.05) is 17.6 Å². The molecule has 1 aromatic carbocycles. The van der Waals surface area contributed by atoms with Gasteiger partial charge in [0, 0.05) is 18.8 Å². The van der Waals surface area contributed by atoms with E-state index >= 15 is 0 Å². The lowest BCUT2D eigenvalue weighted by molar-refractivity contribution is -0.384. The fraction of sp³-hybridized carbons (Fsp3) is 0.214. The van der Waals surface area contributed by atoms with Crippen molar-refractivity contribution >= 4 is 21.3 Å². The summed E-state index contributed by atoms with van der Waals surface area (Å²) in [6, 6.07) is 11.6. The van der Waals surface area contributed by atoms with Crippen molar-refractivity contribution in [3.05, 3.63) is 64.3 Å². The van der Waals surface area contributed by atoms with Crippen LogP contribution in [-0.2, 0) is 15.6 Å². The van der Waals surface area contributed by atoms with E-state index in [2.05, 4.69) is 10.3 Å². The number of hydrogen-bond acceptors (Lipinski definition) is 6. The third kappa shape index (κ3) is 4.52. The van der Waals surface area contributed by atoms with E-state index in [1.54, 1.807) is 24.3 Å². The first kappa shape index (κ1) is 15.9. The van der Waals surface area contributed by atoms with E-state index in [1.807, 2.05) is 6.07 Å². The number of nitrogens with zero attached hydrogens (tertiary/aromatic N) is 2. The maximum Gasteiger partial charge on any atom is 0.311 e. The molecule has 0 saturated carbocycles. The Morgan fingerprint density at radius 3 is 2.55 bits per heavy atom. The third-order valence-corrected chi connectivity index (χ3v) is 4.52. The predicted octanol–water partition coefficient (Wildman–Crippen LogP) is 2.02. The normalized spacial score (nSPS) is 11.1. The van der Waals surface area contributed by atoms with E-state index in [1.165, 1.54) is 18.3 Å². The van der Waals surface area contributed by atoms with Crippen LogP contribution in [0.25, 0.3) is 0 Å². The Balaban J connectivity index is 1.95. The summed E-state index contributed by atoms with van der Waals surface area (Å²) < 4.78 is 24.0. The highest BCUT2D eigenvalue weighted by atomic mass is 32.2. The van der Waals surface area contributed by atoms with E-state index < -0.39 is 14.8 Å². The second kappa shape index (κ2) is 6.99. The number of rotatable bonds is 7. The summed E-state index contributed by atoms with van der Waals surface area (Å²) in [5, 5.41) is 13.5. The van der Waals surface area contributed by atoms with Gasteiger partial charge in [-0.05, 0) is 11.6 Å². The fourth-order valence-electron chi connectivity index (χ4n) is 1.91. The topological polar surface area (TPSA) is 102 Å². The molecule has 2 rings (SSSR count). The SMILES string of the molecule is O=[N+]([O-])c1cccnc1NCCS(=O)(=O)Cc1ccccc1. The molecule has 1 heterocycles. The first-order valence-corrected chi connectivity index (χ1v) is 8.38. The summed E-state index contributed by atoms with van der Waals surface area (Å²) in [5.41, 5.74) is 0.536. The molecule has 22 heavy (non-hydrogen) atoms. The first-order chi connectivity index (χ1) is 10.5. The van der Waals surface area contributed by atoms with Gasteiger partial charge in [0.15, 0.2) is 9.84 Å². The maximum atomic E-state index is 12.0. The number of aromatic nitrogens is 1. The van der Waals surface area contributed by atoms with Gasteiger partial charge in [-0.2, -0.15) is 0 Å². The Kier molecular flexibility index (Phi) is 5.05. The highest BCUT2D eigenvalue weighted by Gasteiger charge is 2.16. The van der Waals surface area contributed by atoms with Gasteiger partial charge < -0.3 is 5.32 Å². The quantitative estimate of drug-likeness (QED) is 0.618. The molecular weight excluding hydrogens is 306 g/mol. The van der Waals surface area contributed by atoms with Crippen molar-refractivity contribution in [2.24, 2.45) is 0 Å². The fourth-order valence-corrected chi connectivity index (χ4v) is 3.16. The van der Waals surface area contributed by atoms with E-state index in [0.29, 0.717) is 5.56 Å². The van der Waals surface area contributed by atoms with Gasteiger partial charge in [0.2, 0.25) is 5.82 Å². The molecule has 7 nitrogen and oxygen atoms in total. The summed E-state index contributed by atoms with van der Waals surface area (Å²) in [5.74, 6) is -0.113. The molecule has 0 fully saturated rings. The number of nitrogens with one attached hydrogen (secondary N) is 1. The van der Waals surface area contributed by atoms with Gasteiger partial charge in [0.05, 0.1) is 16.4 Å². The monoisotopic (exact) mass is 321 g/mol. The molecule has 0 unspecified atom stereocenters. The van der Waals surface area contributed by atoms with Crippen molar-refractivity contribution in [3.8, 4) is 0 Å². The van der Waals surface area contributed by atoms with Crippen LogP contribution < -0.4 is 5.32 Å². The Bertz CT molecular complexity index is 748. The molecule has 0 aliphatic carbocycles. The van der Waals surface area contributed by atoms with Crippen LogP contribution in [0.2, 0.25) is 0 Å². The molecule has 0 radical (unpaired) electrons. The van der Waals surface area contributed by atoms with Crippen molar-refractivity contribution in [3.63, 3.8) is 0 Å². The van der Waals surface area contributed by atoms with Gasteiger partial charge >= 0.3 is 5.69 Å². The number of hydrogen-bond donors (Lipinski definition) is 1. The van der Waals surface area contributed by atoms with Crippen molar-refractivity contribution < 1.29 is 13.3 Å². The van der Waals surface area contributed by atoms with Gasteiger partial charge in [-0.3, -0.25) is 10.1 Å². The Morgan fingerprint density at radius 2 is 1.86 bits per heavy atom. The van der Waals surface area contributed by atoms with Crippen LogP contribution in [0.4, 0.5) is 11.5 Å². The largest absolute Gasteiger partial charge is 0.363 e. The molecule has 0 aliphatic heterocycles.